The maximum atomic E-state index is 11.0. The molecule has 5 nitrogen and oxygen atoms in total. The van der Waals surface area contributed by atoms with Crippen LogP contribution in [0.3, 0.4) is 0 Å². The van der Waals surface area contributed by atoms with Crippen LogP contribution in [0, 0.1) is 0 Å². The van der Waals surface area contributed by atoms with E-state index in [1.165, 1.54) is 29.6 Å². The van der Waals surface area contributed by atoms with Crippen molar-refractivity contribution in [2.45, 2.75) is 39.5 Å². The van der Waals surface area contributed by atoms with Crippen LogP contribution in [0.15, 0.2) is 17.5 Å². The standard InChI is InChI=1S/C18H22ClNO4S/c1-3-5-6-7-8-24-16-13(19)9-12(10-15(16)23-4-2)17-20-14(11-25-17)18(21)22/h9-11H,3-8H2,1-2H3,(H,21,22). The van der Waals surface area contributed by atoms with E-state index in [4.69, 9.17) is 26.2 Å². The minimum atomic E-state index is -1.05. The second-order valence-corrected chi connectivity index (χ2v) is 6.74. The van der Waals surface area contributed by atoms with Gasteiger partial charge in [0, 0.05) is 10.9 Å². The lowest BCUT2D eigenvalue weighted by molar-refractivity contribution is 0.0691. The lowest BCUT2D eigenvalue weighted by Crippen LogP contribution is -2.02. The largest absolute Gasteiger partial charge is 0.490 e. The van der Waals surface area contributed by atoms with Gasteiger partial charge in [0.15, 0.2) is 17.2 Å². The van der Waals surface area contributed by atoms with E-state index in [0.29, 0.717) is 40.3 Å². The molecule has 136 valence electrons. The molecule has 25 heavy (non-hydrogen) atoms. The van der Waals surface area contributed by atoms with Crippen molar-refractivity contribution in [1.29, 1.82) is 0 Å². The minimum absolute atomic E-state index is 0.0188. The van der Waals surface area contributed by atoms with Crippen molar-refractivity contribution in [2.24, 2.45) is 0 Å². The van der Waals surface area contributed by atoms with Crippen LogP contribution in [-0.2, 0) is 0 Å². The molecule has 0 fully saturated rings. The molecule has 0 aliphatic heterocycles. The van der Waals surface area contributed by atoms with Crippen LogP contribution in [0.4, 0.5) is 0 Å². The first-order valence-corrected chi connectivity index (χ1v) is 9.60. The summed E-state index contributed by atoms with van der Waals surface area (Å²) in [5, 5.41) is 11.5. The normalized spacial score (nSPS) is 10.7. The maximum Gasteiger partial charge on any atom is 0.355 e. The first-order chi connectivity index (χ1) is 12.1. The van der Waals surface area contributed by atoms with Crippen LogP contribution in [0.25, 0.3) is 10.6 Å². The van der Waals surface area contributed by atoms with Gasteiger partial charge in [-0.05, 0) is 25.5 Å². The van der Waals surface area contributed by atoms with Crippen molar-refractivity contribution in [3.8, 4) is 22.1 Å². The minimum Gasteiger partial charge on any atom is -0.490 e. The molecule has 0 radical (unpaired) electrons. The summed E-state index contributed by atoms with van der Waals surface area (Å²) in [7, 11) is 0. The number of aromatic nitrogens is 1. The van der Waals surface area contributed by atoms with Crippen molar-refractivity contribution in [3.05, 3.63) is 28.2 Å². The molecule has 0 atom stereocenters. The summed E-state index contributed by atoms with van der Waals surface area (Å²) in [4.78, 5) is 15.1. The van der Waals surface area contributed by atoms with E-state index in [0.717, 1.165) is 12.8 Å². The highest BCUT2D eigenvalue weighted by atomic mass is 35.5. The zero-order valence-electron chi connectivity index (χ0n) is 14.4. The van der Waals surface area contributed by atoms with Gasteiger partial charge in [0.25, 0.3) is 0 Å². The number of hydrogen-bond acceptors (Lipinski definition) is 5. The average Bonchev–Trinajstić information content (AvgIpc) is 3.07. The zero-order valence-corrected chi connectivity index (χ0v) is 16.0. The fourth-order valence-corrected chi connectivity index (χ4v) is 3.35. The van der Waals surface area contributed by atoms with E-state index < -0.39 is 5.97 Å². The lowest BCUT2D eigenvalue weighted by Gasteiger charge is -2.14. The van der Waals surface area contributed by atoms with Gasteiger partial charge in [-0.2, -0.15) is 0 Å². The summed E-state index contributed by atoms with van der Waals surface area (Å²) in [5.74, 6) is 0.0250. The number of rotatable bonds is 10. The summed E-state index contributed by atoms with van der Waals surface area (Å²) in [6.07, 6.45) is 4.44. The first kappa shape index (κ1) is 19.5. The third-order valence-corrected chi connectivity index (χ3v) is 4.70. The molecule has 0 saturated heterocycles. The number of carbonyl (C=O) groups is 1. The number of carboxylic acid groups (broad SMARTS) is 1. The van der Waals surface area contributed by atoms with Crippen molar-refractivity contribution < 1.29 is 19.4 Å². The predicted molar refractivity (Wildman–Crippen MR) is 100 cm³/mol. The van der Waals surface area contributed by atoms with Crippen LogP contribution in [0.1, 0.15) is 50.0 Å². The number of nitrogens with zero attached hydrogens (tertiary/aromatic N) is 1. The van der Waals surface area contributed by atoms with Gasteiger partial charge in [0.1, 0.15) is 5.01 Å². The van der Waals surface area contributed by atoms with Gasteiger partial charge in [-0.1, -0.05) is 37.8 Å². The summed E-state index contributed by atoms with van der Waals surface area (Å²) >= 11 is 7.64. The Kier molecular flexibility index (Phi) is 7.52. The van der Waals surface area contributed by atoms with Crippen LogP contribution in [0.2, 0.25) is 5.02 Å². The third-order valence-electron chi connectivity index (χ3n) is 3.52. The van der Waals surface area contributed by atoms with E-state index in [1.54, 1.807) is 12.1 Å². The molecular weight excluding hydrogens is 362 g/mol. The van der Waals surface area contributed by atoms with E-state index in [9.17, 15) is 4.79 Å². The fourth-order valence-electron chi connectivity index (χ4n) is 2.30. The first-order valence-electron chi connectivity index (χ1n) is 8.35. The van der Waals surface area contributed by atoms with Crippen molar-refractivity contribution in [2.75, 3.05) is 13.2 Å². The van der Waals surface area contributed by atoms with Crippen molar-refractivity contribution in [1.82, 2.24) is 4.98 Å². The molecule has 0 aliphatic rings. The van der Waals surface area contributed by atoms with Gasteiger partial charge in [-0.3, -0.25) is 0 Å². The Balaban J connectivity index is 2.21. The lowest BCUT2D eigenvalue weighted by atomic mass is 10.2. The highest BCUT2D eigenvalue weighted by Crippen LogP contribution is 2.40. The molecule has 0 aliphatic carbocycles. The smallest absolute Gasteiger partial charge is 0.355 e. The summed E-state index contributed by atoms with van der Waals surface area (Å²) in [6.45, 7) is 5.11. The number of aromatic carboxylic acids is 1. The molecule has 0 spiro atoms. The quantitative estimate of drug-likeness (QED) is 0.547. The average molecular weight is 384 g/mol. The Labute approximate surface area is 156 Å². The van der Waals surface area contributed by atoms with Gasteiger partial charge in [-0.15, -0.1) is 11.3 Å². The van der Waals surface area contributed by atoms with E-state index in [-0.39, 0.29) is 5.69 Å². The van der Waals surface area contributed by atoms with Crippen molar-refractivity contribution in [3.63, 3.8) is 0 Å². The highest BCUT2D eigenvalue weighted by Gasteiger charge is 2.16. The van der Waals surface area contributed by atoms with Crippen LogP contribution < -0.4 is 9.47 Å². The van der Waals surface area contributed by atoms with E-state index >= 15 is 0 Å². The molecule has 1 heterocycles. The molecule has 2 rings (SSSR count). The predicted octanol–water partition coefficient (Wildman–Crippen LogP) is 5.52. The second kappa shape index (κ2) is 9.63. The number of unbranched alkanes of at least 4 members (excludes halogenated alkanes) is 3. The third kappa shape index (κ3) is 5.34. The van der Waals surface area contributed by atoms with Gasteiger partial charge in [-0.25, -0.2) is 9.78 Å². The Morgan fingerprint density at radius 3 is 2.68 bits per heavy atom. The van der Waals surface area contributed by atoms with Crippen molar-refractivity contribution >= 4 is 28.9 Å². The fraction of sp³-hybridized carbons (Fsp3) is 0.444. The number of thiazole rings is 1. The molecule has 7 heteroatoms. The Bertz CT molecular complexity index is 717. The van der Waals surface area contributed by atoms with Gasteiger partial charge in [0.2, 0.25) is 0 Å². The molecular formula is C18H22ClNO4S. The number of benzene rings is 1. The Hall–Kier alpha value is -1.79. The van der Waals surface area contributed by atoms with Crippen LogP contribution in [-0.4, -0.2) is 29.3 Å². The summed E-state index contributed by atoms with van der Waals surface area (Å²) < 4.78 is 11.5. The van der Waals surface area contributed by atoms with Gasteiger partial charge >= 0.3 is 5.97 Å². The number of ether oxygens (including phenoxy) is 2. The SMILES string of the molecule is CCCCCCOc1c(Cl)cc(-c2nc(C(=O)O)cs2)cc1OCC. The molecule has 2 aromatic rings. The molecule has 0 amide bonds. The molecule has 1 N–H and O–H groups in total. The summed E-state index contributed by atoms with van der Waals surface area (Å²) in [5.41, 5.74) is 0.731. The molecule has 1 aromatic heterocycles. The monoisotopic (exact) mass is 383 g/mol. The summed E-state index contributed by atoms with van der Waals surface area (Å²) in [6, 6.07) is 3.52. The van der Waals surface area contributed by atoms with Gasteiger partial charge in [0.05, 0.1) is 18.2 Å². The van der Waals surface area contributed by atoms with Crippen LogP contribution in [0.5, 0.6) is 11.5 Å². The molecule has 1 aromatic carbocycles. The Morgan fingerprint density at radius 2 is 2.04 bits per heavy atom. The zero-order chi connectivity index (χ0) is 18.2. The van der Waals surface area contributed by atoms with E-state index in [1.807, 2.05) is 6.92 Å². The number of carboxylic acids is 1. The topological polar surface area (TPSA) is 68.7 Å². The highest BCUT2D eigenvalue weighted by molar-refractivity contribution is 7.13. The van der Waals surface area contributed by atoms with Gasteiger partial charge < -0.3 is 14.6 Å². The number of hydrogen-bond donors (Lipinski definition) is 1. The van der Waals surface area contributed by atoms with E-state index in [2.05, 4.69) is 11.9 Å². The number of halogens is 1. The molecule has 0 saturated carbocycles. The van der Waals surface area contributed by atoms with Crippen LogP contribution >= 0.6 is 22.9 Å². The Morgan fingerprint density at radius 1 is 1.24 bits per heavy atom. The second-order valence-electron chi connectivity index (χ2n) is 5.47. The molecule has 0 bridgehead atoms. The molecule has 0 unspecified atom stereocenters. The maximum absolute atomic E-state index is 11.0.